The summed E-state index contributed by atoms with van der Waals surface area (Å²) >= 11 is 0. The number of carbonyl (C=O) groups excluding carboxylic acids is 1. The lowest BCUT2D eigenvalue weighted by Gasteiger charge is -2.35. The highest BCUT2D eigenvalue weighted by Crippen LogP contribution is 2.20. The van der Waals surface area contributed by atoms with Gasteiger partial charge in [0.25, 0.3) is 0 Å². The maximum absolute atomic E-state index is 13.1. The van der Waals surface area contributed by atoms with E-state index in [1.54, 1.807) is 30.0 Å². The Morgan fingerprint density at radius 1 is 1.06 bits per heavy atom. The van der Waals surface area contributed by atoms with Gasteiger partial charge in [0.05, 0.1) is 12.1 Å². The number of carbonyl (C=O) groups is 1. The van der Waals surface area contributed by atoms with Gasteiger partial charge in [-0.25, -0.2) is 4.79 Å². The topological polar surface area (TPSA) is 97.6 Å². The molecule has 1 aliphatic rings. The molecule has 0 spiro atoms. The van der Waals surface area contributed by atoms with Crippen LogP contribution in [-0.4, -0.2) is 56.6 Å². The van der Waals surface area contributed by atoms with Crippen LogP contribution in [0.4, 0.5) is 0 Å². The third-order valence-corrected chi connectivity index (χ3v) is 6.08. The number of oxazole rings is 1. The largest absolute Gasteiger partial charge is 0.420 e. The zero-order valence-corrected chi connectivity index (χ0v) is 18.6. The van der Waals surface area contributed by atoms with Gasteiger partial charge >= 0.3 is 5.76 Å². The molecule has 1 fully saturated rings. The fourth-order valence-electron chi connectivity index (χ4n) is 4.18. The first-order valence-corrected chi connectivity index (χ1v) is 11.0. The summed E-state index contributed by atoms with van der Waals surface area (Å²) in [6, 6.07) is 14.5. The molecule has 1 aliphatic heterocycles. The van der Waals surface area contributed by atoms with E-state index in [4.69, 9.17) is 8.94 Å². The van der Waals surface area contributed by atoms with E-state index in [-0.39, 0.29) is 5.91 Å². The number of hydrogen-bond donors (Lipinski definition) is 0. The Balaban J connectivity index is 1.20. The normalized spacial score (nSPS) is 15.8. The van der Waals surface area contributed by atoms with Gasteiger partial charge in [-0.05, 0) is 26.0 Å². The molecule has 0 aliphatic carbocycles. The Hall–Kier alpha value is -3.72. The fraction of sp³-hybridized carbons (Fsp3) is 0.333. The van der Waals surface area contributed by atoms with Crippen molar-refractivity contribution in [2.75, 3.05) is 26.2 Å². The molecule has 170 valence electrons. The molecule has 2 aromatic carbocycles. The molecule has 4 aromatic rings. The van der Waals surface area contributed by atoms with Crippen LogP contribution in [0.1, 0.15) is 24.4 Å². The second-order valence-corrected chi connectivity index (χ2v) is 8.36. The van der Waals surface area contributed by atoms with Crippen molar-refractivity contribution in [1.29, 1.82) is 0 Å². The lowest BCUT2D eigenvalue weighted by atomic mass is 10.1. The van der Waals surface area contributed by atoms with Gasteiger partial charge in [0, 0.05) is 31.7 Å². The molecule has 1 saturated heterocycles. The average molecular weight is 447 g/mol. The predicted molar refractivity (Wildman–Crippen MR) is 122 cm³/mol. The molecule has 33 heavy (non-hydrogen) atoms. The Morgan fingerprint density at radius 3 is 2.55 bits per heavy atom. The SMILES string of the molecule is Cc1ccc(-c2noc(CN3CCN(C(=O)[C@H](C)n4c(=O)oc5ccccc54)CC3)n2)cc1. The van der Waals surface area contributed by atoms with Gasteiger partial charge in [-0.3, -0.25) is 14.3 Å². The zero-order valence-electron chi connectivity index (χ0n) is 18.6. The van der Waals surface area contributed by atoms with Gasteiger partial charge in [-0.1, -0.05) is 47.1 Å². The summed E-state index contributed by atoms with van der Waals surface area (Å²) in [5, 5.41) is 4.09. The van der Waals surface area contributed by atoms with E-state index < -0.39 is 11.8 Å². The van der Waals surface area contributed by atoms with Crippen molar-refractivity contribution in [3.63, 3.8) is 0 Å². The van der Waals surface area contributed by atoms with E-state index in [2.05, 4.69) is 15.0 Å². The van der Waals surface area contributed by atoms with E-state index in [9.17, 15) is 9.59 Å². The first-order chi connectivity index (χ1) is 16.0. The van der Waals surface area contributed by atoms with Gasteiger partial charge in [0.2, 0.25) is 17.6 Å². The van der Waals surface area contributed by atoms with Gasteiger partial charge < -0.3 is 13.8 Å². The van der Waals surface area contributed by atoms with E-state index in [1.807, 2.05) is 37.3 Å². The van der Waals surface area contributed by atoms with Crippen molar-refractivity contribution in [2.24, 2.45) is 0 Å². The van der Waals surface area contributed by atoms with Gasteiger partial charge in [-0.2, -0.15) is 4.98 Å². The number of para-hydroxylation sites is 2. The molecule has 3 heterocycles. The Morgan fingerprint density at radius 2 is 1.79 bits per heavy atom. The van der Waals surface area contributed by atoms with Crippen molar-refractivity contribution in [3.8, 4) is 11.4 Å². The number of amides is 1. The Labute approximate surface area is 190 Å². The Kier molecular flexibility index (Phi) is 5.55. The minimum absolute atomic E-state index is 0.0947. The van der Waals surface area contributed by atoms with E-state index >= 15 is 0 Å². The molecular weight excluding hydrogens is 422 g/mol. The molecule has 1 atom stereocenters. The van der Waals surface area contributed by atoms with Crippen LogP contribution in [0, 0.1) is 6.92 Å². The van der Waals surface area contributed by atoms with Crippen molar-refractivity contribution >= 4 is 17.0 Å². The standard InChI is InChI=1S/C24H25N5O4/c1-16-7-9-18(10-8-16)22-25-21(33-26-22)15-27-11-13-28(14-12-27)23(30)17(2)29-19-5-3-4-6-20(19)32-24(29)31/h3-10,17H,11-15H2,1-2H3/t17-/m0/s1. The summed E-state index contributed by atoms with van der Waals surface area (Å²) < 4.78 is 12.1. The lowest BCUT2D eigenvalue weighted by Crippen LogP contribution is -2.50. The molecule has 9 heteroatoms. The molecule has 0 unspecified atom stereocenters. The molecule has 1 amide bonds. The summed E-state index contributed by atoms with van der Waals surface area (Å²) in [6.45, 7) is 6.79. The van der Waals surface area contributed by atoms with Crippen LogP contribution in [0.5, 0.6) is 0 Å². The number of fused-ring (bicyclic) bond motifs is 1. The quantitative estimate of drug-likeness (QED) is 0.464. The second kappa shape index (κ2) is 8.67. The number of nitrogens with zero attached hydrogens (tertiary/aromatic N) is 5. The number of aryl methyl sites for hydroxylation is 1. The number of benzene rings is 2. The summed E-state index contributed by atoms with van der Waals surface area (Å²) in [5.74, 6) is 0.514. The fourth-order valence-corrected chi connectivity index (χ4v) is 4.18. The third-order valence-electron chi connectivity index (χ3n) is 6.08. The van der Waals surface area contributed by atoms with Gasteiger partial charge in [-0.15, -0.1) is 0 Å². The number of piperazine rings is 1. The summed E-state index contributed by atoms with van der Waals surface area (Å²) in [5.41, 5.74) is 3.20. The minimum atomic E-state index is -0.638. The van der Waals surface area contributed by atoms with Crippen LogP contribution in [0.15, 0.2) is 62.3 Å². The number of rotatable bonds is 5. The smallest absolute Gasteiger partial charge is 0.408 e. The number of hydrogen-bond acceptors (Lipinski definition) is 7. The van der Waals surface area contributed by atoms with Crippen molar-refractivity contribution < 1.29 is 13.7 Å². The first kappa shape index (κ1) is 21.1. The van der Waals surface area contributed by atoms with Crippen molar-refractivity contribution in [3.05, 3.63) is 70.5 Å². The average Bonchev–Trinajstić information content (AvgIpc) is 3.42. The summed E-state index contributed by atoms with van der Waals surface area (Å²) in [4.78, 5) is 33.9. The molecule has 0 saturated carbocycles. The molecule has 5 rings (SSSR count). The second-order valence-electron chi connectivity index (χ2n) is 8.36. The van der Waals surface area contributed by atoms with Crippen molar-refractivity contribution in [1.82, 2.24) is 24.5 Å². The van der Waals surface area contributed by atoms with E-state index in [0.717, 1.165) is 5.56 Å². The van der Waals surface area contributed by atoms with E-state index in [0.29, 0.717) is 55.5 Å². The molecule has 0 N–H and O–H groups in total. The van der Waals surface area contributed by atoms with Gasteiger partial charge in [0.15, 0.2) is 5.58 Å². The van der Waals surface area contributed by atoms with Crippen molar-refractivity contribution in [2.45, 2.75) is 26.4 Å². The summed E-state index contributed by atoms with van der Waals surface area (Å²) in [6.07, 6.45) is 0. The van der Waals surface area contributed by atoms with Crippen LogP contribution in [-0.2, 0) is 11.3 Å². The monoisotopic (exact) mass is 447 g/mol. The van der Waals surface area contributed by atoms with E-state index in [1.165, 1.54) is 10.1 Å². The van der Waals surface area contributed by atoms with Crippen LogP contribution in [0.25, 0.3) is 22.5 Å². The molecule has 0 radical (unpaired) electrons. The van der Waals surface area contributed by atoms with Crippen LogP contribution >= 0.6 is 0 Å². The first-order valence-electron chi connectivity index (χ1n) is 11.0. The maximum Gasteiger partial charge on any atom is 0.420 e. The highest BCUT2D eigenvalue weighted by molar-refractivity contribution is 5.83. The highest BCUT2D eigenvalue weighted by atomic mass is 16.5. The van der Waals surface area contributed by atoms with Crippen LogP contribution < -0.4 is 5.76 Å². The van der Waals surface area contributed by atoms with Crippen LogP contribution in [0.3, 0.4) is 0 Å². The third kappa shape index (κ3) is 4.19. The number of aromatic nitrogens is 3. The molecular formula is C24H25N5O4. The molecule has 2 aromatic heterocycles. The lowest BCUT2D eigenvalue weighted by molar-refractivity contribution is -0.136. The summed E-state index contributed by atoms with van der Waals surface area (Å²) in [7, 11) is 0. The Bertz CT molecular complexity index is 1330. The van der Waals surface area contributed by atoms with Gasteiger partial charge in [0.1, 0.15) is 6.04 Å². The van der Waals surface area contributed by atoms with Crippen LogP contribution in [0.2, 0.25) is 0 Å². The molecule has 9 nitrogen and oxygen atoms in total. The minimum Gasteiger partial charge on any atom is -0.408 e. The molecule has 0 bridgehead atoms. The zero-order chi connectivity index (χ0) is 22.9. The predicted octanol–water partition coefficient (Wildman–Crippen LogP) is 2.86. The highest BCUT2D eigenvalue weighted by Gasteiger charge is 2.29. The maximum atomic E-state index is 13.1.